The molecular formula is C22H24F2N2O3. The van der Waals surface area contributed by atoms with Crippen molar-refractivity contribution >= 4 is 17.9 Å². The van der Waals surface area contributed by atoms with E-state index in [-0.39, 0.29) is 5.91 Å². The quantitative estimate of drug-likeness (QED) is 0.719. The van der Waals surface area contributed by atoms with Crippen molar-refractivity contribution in [3.63, 3.8) is 0 Å². The van der Waals surface area contributed by atoms with E-state index in [0.29, 0.717) is 11.3 Å². The largest absolute Gasteiger partial charge is 0.497 e. The van der Waals surface area contributed by atoms with E-state index in [1.165, 1.54) is 17.0 Å². The van der Waals surface area contributed by atoms with Crippen LogP contribution in [0.5, 0.6) is 5.75 Å². The first kappa shape index (κ1) is 22.1. The first-order valence-electron chi connectivity index (χ1n) is 9.07. The zero-order valence-electron chi connectivity index (χ0n) is 16.8. The Morgan fingerprint density at radius 1 is 1.07 bits per heavy atom. The third-order valence-electron chi connectivity index (χ3n) is 4.63. The number of hydrogen-bond donors (Lipinski definition) is 1. The second-order valence-corrected chi connectivity index (χ2v) is 6.64. The minimum atomic E-state index is -0.972. The van der Waals surface area contributed by atoms with Crippen LogP contribution in [0.25, 0.3) is 6.08 Å². The van der Waals surface area contributed by atoms with Crippen LogP contribution >= 0.6 is 0 Å². The molecule has 2 amide bonds. The summed E-state index contributed by atoms with van der Waals surface area (Å²) in [6, 6.07) is 9.37. The van der Waals surface area contributed by atoms with E-state index in [1.807, 2.05) is 0 Å². The van der Waals surface area contributed by atoms with Gasteiger partial charge in [0, 0.05) is 13.1 Å². The fraction of sp³-hybridized carbons (Fsp3) is 0.273. The highest BCUT2D eigenvalue weighted by Gasteiger charge is 2.24. The van der Waals surface area contributed by atoms with Crippen molar-refractivity contribution < 1.29 is 23.1 Å². The average Bonchev–Trinajstić information content (AvgIpc) is 2.72. The number of rotatable bonds is 7. The number of carbonyl (C=O) groups is 2. The Bertz CT molecular complexity index is 897. The van der Waals surface area contributed by atoms with Gasteiger partial charge in [-0.1, -0.05) is 18.2 Å². The van der Waals surface area contributed by atoms with E-state index in [0.717, 1.165) is 17.7 Å². The molecule has 5 nitrogen and oxygen atoms in total. The summed E-state index contributed by atoms with van der Waals surface area (Å²) in [6.07, 6.45) is 2.96. The van der Waals surface area contributed by atoms with Crippen molar-refractivity contribution in [3.05, 3.63) is 71.3 Å². The first-order chi connectivity index (χ1) is 13.7. The summed E-state index contributed by atoms with van der Waals surface area (Å²) < 4.78 is 31.6. The Labute approximate surface area is 169 Å². The number of nitrogens with one attached hydrogen (secondary N) is 1. The topological polar surface area (TPSA) is 58.6 Å². The highest BCUT2D eigenvalue weighted by molar-refractivity contribution is 5.95. The molecule has 29 heavy (non-hydrogen) atoms. The molecule has 0 heterocycles. The van der Waals surface area contributed by atoms with Crippen molar-refractivity contribution in [2.45, 2.75) is 25.9 Å². The Hall–Kier alpha value is -3.22. The number of nitrogens with zero attached hydrogens (tertiary/aromatic N) is 1. The fourth-order valence-corrected chi connectivity index (χ4v) is 2.70. The Morgan fingerprint density at radius 2 is 1.72 bits per heavy atom. The molecule has 0 saturated heterocycles. The molecule has 0 aliphatic rings. The zero-order valence-corrected chi connectivity index (χ0v) is 16.8. The monoisotopic (exact) mass is 402 g/mol. The number of amides is 2. The first-order valence-corrected chi connectivity index (χ1v) is 9.07. The maximum Gasteiger partial charge on any atom is 0.245 e. The van der Waals surface area contributed by atoms with Crippen LogP contribution in [-0.4, -0.2) is 36.9 Å². The van der Waals surface area contributed by atoms with Crippen LogP contribution in [0, 0.1) is 11.6 Å². The van der Waals surface area contributed by atoms with Crippen molar-refractivity contribution in [1.82, 2.24) is 10.2 Å². The van der Waals surface area contributed by atoms with E-state index in [1.54, 1.807) is 58.3 Å². The van der Waals surface area contributed by atoms with Gasteiger partial charge in [0.15, 0.2) is 11.6 Å². The molecule has 2 atom stereocenters. The minimum Gasteiger partial charge on any atom is -0.497 e. The fourth-order valence-electron chi connectivity index (χ4n) is 2.70. The lowest BCUT2D eigenvalue weighted by Gasteiger charge is -2.28. The minimum absolute atomic E-state index is 0.353. The lowest BCUT2D eigenvalue weighted by atomic mass is 10.1. The van der Waals surface area contributed by atoms with Crippen LogP contribution in [0.15, 0.2) is 48.5 Å². The second-order valence-electron chi connectivity index (χ2n) is 6.64. The Kier molecular flexibility index (Phi) is 7.47. The van der Waals surface area contributed by atoms with Gasteiger partial charge in [-0.25, -0.2) is 8.78 Å². The molecule has 0 bridgehead atoms. The van der Waals surface area contributed by atoms with Gasteiger partial charge in [0.2, 0.25) is 11.8 Å². The highest BCUT2D eigenvalue weighted by Crippen LogP contribution is 2.21. The van der Waals surface area contributed by atoms with Gasteiger partial charge in [-0.2, -0.15) is 0 Å². The molecule has 0 aliphatic carbocycles. The molecule has 0 aromatic heterocycles. The summed E-state index contributed by atoms with van der Waals surface area (Å²) >= 11 is 0. The zero-order chi connectivity index (χ0) is 21.6. The van der Waals surface area contributed by atoms with Crippen molar-refractivity contribution in [3.8, 4) is 5.75 Å². The molecule has 0 radical (unpaired) electrons. The van der Waals surface area contributed by atoms with Gasteiger partial charge in [0.05, 0.1) is 13.2 Å². The van der Waals surface area contributed by atoms with Crippen LogP contribution in [-0.2, 0) is 9.59 Å². The molecular weight excluding hydrogens is 378 g/mol. The van der Waals surface area contributed by atoms with E-state index in [4.69, 9.17) is 4.74 Å². The van der Waals surface area contributed by atoms with Gasteiger partial charge in [0.1, 0.15) is 11.8 Å². The molecule has 0 spiro atoms. The van der Waals surface area contributed by atoms with Crippen molar-refractivity contribution in [2.24, 2.45) is 0 Å². The number of hydrogen-bond acceptors (Lipinski definition) is 3. The van der Waals surface area contributed by atoms with Crippen LogP contribution < -0.4 is 10.1 Å². The van der Waals surface area contributed by atoms with Gasteiger partial charge >= 0.3 is 0 Å². The molecule has 7 heteroatoms. The van der Waals surface area contributed by atoms with Gasteiger partial charge in [0.25, 0.3) is 0 Å². The predicted octanol–water partition coefficient (Wildman–Crippen LogP) is 3.71. The van der Waals surface area contributed by atoms with Crippen LogP contribution in [0.1, 0.15) is 31.0 Å². The highest BCUT2D eigenvalue weighted by atomic mass is 19.2. The lowest BCUT2D eigenvalue weighted by Crippen LogP contribution is -2.45. The van der Waals surface area contributed by atoms with E-state index < -0.39 is 29.6 Å². The van der Waals surface area contributed by atoms with E-state index in [2.05, 4.69) is 5.32 Å². The van der Waals surface area contributed by atoms with Gasteiger partial charge in [-0.15, -0.1) is 0 Å². The normalized spacial score (nSPS) is 13.0. The van der Waals surface area contributed by atoms with Crippen LogP contribution in [0.2, 0.25) is 0 Å². The van der Waals surface area contributed by atoms with Gasteiger partial charge in [-0.3, -0.25) is 9.59 Å². The van der Waals surface area contributed by atoms with Crippen molar-refractivity contribution in [2.75, 3.05) is 14.2 Å². The van der Waals surface area contributed by atoms with Gasteiger partial charge < -0.3 is 15.0 Å². The molecule has 0 aliphatic heterocycles. The summed E-state index contributed by atoms with van der Waals surface area (Å²) in [7, 11) is 3.12. The second kappa shape index (κ2) is 9.82. The Balaban J connectivity index is 1.96. The lowest BCUT2D eigenvalue weighted by molar-refractivity contribution is -0.135. The summed E-state index contributed by atoms with van der Waals surface area (Å²) in [5.74, 6) is -1.98. The average molecular weight is 402 g/mol. The number of carbonyl (C=O) groups excluding carboxylic acids is 2. The number of halogens is 2. The number of ether oxygens (including phenoxy) is 1. The molecule has 2 unspecified atom stereocenters. The molecule has 1 N–H and O–H groups in total. The number of likely N-dealkylation sites (N-methyl/N-ethyl adjacent to an activating group) is 1. The Morgan fingerprint density at radius 3 is 2.31 bits per heavy atom. The van der Waals surface area contributed by atoms with E-state index in [9.17, 15) is 18.4 Å². The summed E-state index contributed by atoms with van der Waals surface area (Å²) in [5, 5.41) is 2.60. The summed E-state index contributed by atoms with van der Waals surface area (Å²) in [6.45, 7) is 3.26. The predicted molar refractivity (Wildman–Crippen MR) is 107 cm³/mol. The van der Waals surface area contributed by atoms with Gasteiger partial charge in [-0.05, 0) is 55.3 Å². The summed E-state index contributed by atoms with van der Waals surface area (Å²) in [5.41, 5.74) is 1.27. The third kappa shape index (κ3) is 5.88. The van der Waals surface area contributed by atoms with Crippen LogP contribution in [0.4, 0.5) is 8.78 Å². The molecule has 0 saturated carbocycles. The smallest absolute Gasteiger partial charge is 0.245 e. The molecule has 2 aromatic carbocycles. The van der Waals surface area contributed by atoms with Crippen LogP contribution in [0.3, 0.4) is 0 Å². The molecule has 154 valence electrons. The van der Waals surface area contributed by atoms with E-state index >= 15 is 0 Å². The maximum atomic E-state index is 13.5. The standard InChI is InChI=1S/C22H24F2N2O3/c1-14(25-21(27)12-7-16-5-9-18(29-4)10-6-16)22(28)26(3)15(2)17-8-11-19(23)20(24)13-17/h5-15H,1-4H3,(H,25,27)/b12-7+. The summed E-state index contributed by atoms with van der Waals surface area (Å²) in [4.78, 5) is 26.1. The van der Waals surface area contributed by atoms with Crippen molar-refractivity contribution in [1.29, 1.82) is 0 Å². The third-order valence-corrected chi connectivity index (χ3v) is 4.63. The molecule has 2 rings (SSSR count). The number of methoxy groups -OCH3 is 1. The SMILES string of the molecule is COc1ccc(/C=C/C(=O)NC(C)C(=O)N(C)C(C)c2ccc(F)c(F)c2)cc1. The molecule has 0 fully saturated rings. The number of benzene rings is 2. The maximum absolute atomic E-state index is 13.5. The molecule has 2 aromatic rings.